The molecule has 0 rings (SSSR count). The van der Waals surface area contributed by atoms with Crippen LogP contribution in [0.25, 0.3) is 0 Å². The molecule has 0 spiro atoms. The van der Waals surface area contributed by atoms with Crippen molar-refractivity contribution in [3.05, 3.63) is 0 Å². The van der Waals surface area contributed by atoms with Crippen molar-refractivity contribution < 1.29 is 19.3 Å². The van der Waals surface area contributed by atoms with Gasteiger partial charge in [-0.1, -0.05) is 0 Å². The predicted octanol–water partition coefficient (Wildman–Crippen LogP) is 0.879. The Morgan fingerprint density at radius 1 is 1.53 bits per heavy atom. The quantitative estimate of drug-likeness (QED) is 0.236. The molecule has 0 fully saturated rings. The number of esters is 1. The van der Waals surface area contributed by atoms with Gasteiger partial charge in [0.15, 0.2) is 0 Å². The fourth-order valence-electron chi connectivity index (χ4n) is 0.709. The molecule has 5 nitrogen and oxygen atoms in total. The minimum atomic E-state index is -0.812. The van der Waals surface area contributed by atoms with Crippen molar-refractivity contribution in [1.29, 1.82) is 0 Å². The van der Waals surface area contributed by atoms with E-state index in [1.807, 2.05) is 0 Å². The summed E-state index contributed by atoms with van der Waals surface area (Å²) in [6.07, 6.45) is -0.779. The van der Waals surface area contributed by atoms with Crippen LogP contribution in [-0.2, 0) is 19.3 Å². The van der Waals surface area contributed by atoms with E-state index in [1.54, 1.807) is 27.7 Å². The highest BCUT2D eigenvalue weighted by Gasteiger charge is 2.31. The van der Waals surface area contributed by atoms with E-state index >= 15 is 0 Å². The van der Waals surface area contributed by atoms with Gasteiger partial charge >= 0.3 is 5.97 Å². The van der Waals surface area contributed by atoms with Gasteiger partial charge < -0.3 is 10.5 Å². The van der Waals surface area contributed by atoms with Crippen LogP contribution in [-0.4, -0.2) is 29.7 Å². The summed E-state index contributed by atoms with van der Waals surface area (Å²) in [4.78, 5) is 20.8. The molecule has 0 bridgehead atoms. The van der Waals surface area contributed by atoms with Crippen LogP contribution >= 0.6 is 12.6 Å². The van der Waals surface area contributed by atoms with Crippen LogP contribution in [0.3, 0.4) is 0 Å². The zero-order valence-corrected chi connectivity index (χ0v) is 10.4. The Kier molecular flexibility index (Phi) is 6.19. The lowest BCUT2D eigenvalue weighted by Crippen LogP contribution is -2.47. The fourth-order valence-corrected chi connectivity index (χ4v) is 0.814. The number of ether oxygens (including phenoxy) is 1. The summed E-state index contributed by atoms with van der Waals surface area (Å²) in [5.41, 5.74) is 5.62. The number of thiol groups is 1. The molecule has 0 radical (unpaired) electrons. The summed E-state index contributed by atoms with van der Waals surface area (Å²) in [5.74, 6) is -0.567. The average Bonchev–Trinajstić information content (AvgIpc) is 2.11. The molecule has 0 saturated carbocycles. The van der Waals surface area contributed by atoms with Gasteiger partial charge in [0, 0.05) is 11.7 Å². The minimum Gasteiger partial charge on any atom is -0.432 e. The lowest BCUT2D eigenvalue weighted by atomic mass is 10.1. The maximum absolute atomic E-state index is 11.4. The van der Waals surface area contributed by atoms with E-state index in [2.05, 4.69) is 17.5 Å². The Hall–Kier alpha value is -0.300. The molecule has 2 atom stereocenters. The molecule has 2 N–H and O–H groups in total. The van der Waals surface area contributed by atoms with Gasteiger partial charge in [-0.2, -0.15) is 17.5 Å². The highest BCUT2D eigenvalue weighted by atomic mass is 32.1. The van der Waals surface area contributed by atoms with Crippen molar-refractivity contribution in [3.63, 3.8) is 0 Å². The van der Waals surface area contributed by atoms with Crippen LogP contribution < -0.4 is 5.73 Å². The monoisotopic (exact) mass is 237 g/mol. The average molecular weight is 237 g/mol. The molecule has 2 unspecified atom stereocenters. The molecule has 0 aliphatic heterocycles. The highest BCUT2D eigenvalue weighted by Crippen LogP contribution is 2.17. The van der Waals surface area contributed by atoms with Crippen molar-refractivity contribution in [2.75, 3.05) is 6.61 Å². The molecule has 0 saturated heterocycles. The largest absolute Gasteiger partial charge is 0.432 e. The summed E-state index contributed by atoms with van der Waals surface area (Å²) in [5, 5.41) is 0. The SMILES string of the molecule is CCOOC(C)OC(=O)C(N)C(C)(C)S. The predicted molar refractivity (Wildman–Crippen MR) is 59.3 cm³/mol. The number of carbonyl (C=O) groups is 1. The molecule has 0 amide bonds. The van der Waals surface area contributed by atoms with E-state index < -0.39 is 23.0 Å². The Labute approximate surface area is 95.6 Å². The van der Waals surface area contributed by atoms with E-state index in [0.717, 1.165) is 0 Å². The van der Waals surface area contributed by atoms with Gasteiger partial charge in [-0.25, -0.2) is 4.89 Å². The normalized spacial score (nSPS) is 15.9. The lowest BCUT2D eigenvalue weighted by molar-refractivity contribution is -0.363. The maximum Gasteiger partial charge on any atom is 0.326 e. The lowest BCUT2D eigenvalue weighted by Gasteiger charge is -2.25. The first-order valence-corrected chi connectivity index (χ1v) is 5.20. The number of hydrogen-bond acceptors (Lipinski definition) is 6. The topological polar surface area (TPSA) is 70.8 Å². The third-order valence-corrected chi connectivity index (χ3v) is 1.90. The molecule has 90 valence electrons. The van der Waals surface area contributed by atoms with E-state index in [-0.39, 0.29) is 0 Å². The molecule has 0 aliphatic rings. The zero-order valence-electron chi connectivity index (χ0n) is 9.52. The van der Waals surface area contributed by atoms with Gasteiger partial charge in [0.1, 0.15) is 6.04 Å². The Morgan fingerprint density at radius 3 is 2.47 bits per heavy atom. The minimum absolute atomic E-state index is 0.381. The molecular formula is C9H19NO4S. The molecule has 15 heavy (non-hydrogen) atoms. The maximum atomic E-state index is 11.4. The molecule has 0 heterocycles. The van der Waals surface area contributed by atoms with E-state index in [4.69, 9.17) is 15.4 Å². The first-order chi connectivity index (χ1) is 6.79. The van der Waals surface area contributed by atoms with Crippen molar-refractivity contribution in [2.24, 2.45) is 5.73 Å². The van der Waals surface area contributed by atoms with Crippen LogP contribution in [0.2, 0.25) is 0 Å². The van der Waals surface area contributed by atoms with E-state index in [0.29, 0.717) is 6.61 Å². The van der Waals surface area contributed by atoms with Crippen molar-refractivity contribution >= 4 is 18.6 Å². The van der Waals surface area contributed by atoms with Crippen LogP contribution in [0.5, 0.6) is 0 Å². The van der Waals surface area contributed by atoms with Crippen molar-refractivity contribution in [2.45, 2.75) is 44.8 Å². The highest BCUT2D eigenvalue weighted by molar-refractivity contribution is 7.81. The van der Waals surface area contributed by atoms with Gasteiger partial charge in [-0.05, 0) is 20.8 Å². The number of hydrogen-bond donors (Lipinski definition) is 2. The second-order valence-corrected chi connectivity index (χ2v) is 4.79. The Bertz CT molecular complexity index is 205. The van der Waals surface area contributed by atoms with Gasteiger partial charge in [0.2, 0.25) is 6.29 Å². The summed E-state index contributed by atoms with van der Waals surface area (Å²) in [6, 6.07) is -0.812. The van der Waals surface area contributed by atoms with Gasteiger partial charge in [0.05, 0.1) is 6.61 Å². The summed E-state index contributed by atoms with van der Waals surface area (Å²) in [6.45, 7) is 7.15. The third kappa shape index (κ3) is 5.99. The van der Waals surface area contributed by atoms with E-state index in [1.165, 1.54) is 0 Å². The van der Waals surface area contributed by atoms with Crippen LogP contribution in [0.15, 0.2) is 0 Å². The second-order valence-electron chi connectivity index (χ2n) is 3.64. The first kappa shape index (κ1) is 14.7. The first-order valence-electron chi connectivity index (χ1n) is 4.75. The van der Waals surface area contributed by atoms with Gasteiger partial charge in [-0.3, -0.25) is 4.79 Å². The Balaban J connectivity index is 4.02. The van der Waals surface area contributed by atoms with Crippen LogP contribution in [0.4, 0.5) is 0 Å². The fraction of sp³-hybridized carbons (Fsp3) is 0.889. The van der Waals surface area contributed by atoms with Crippen LogP contribution in [0.1, 0.15) is 27.7 Å². The number of nitrogens with two attached hydrogens (primary N) is 1. The molecule has 6 heteroatoms. The van der Waals surface area contributed by atoms with E-state index in [9.17, 15) is 4.79 Å². The molecule has 0 aromatic heterocycles. The van der Waals surface area contributed by atoms with Gasteiger partial charge in [0.25, 0.3) is 0 Å². The van der Waals surface area contributed by atoms with Crippen molar-refractivity contribution in [3.8, 4) is 0 Å². The number of carbonyl (C=O) groups excluding carboxylic acids is 1. The summed E-state index contributed by atoms with van der Waals surface area (Å²) >= 11 is 4.18. The number of rotatable bonds is 6. The van der Waals surface area contributed by atoms with Gasteiger partial charge in [-0.15, -0.1) is 0 Å². The summed E-state index contributed by atoms with van der Waals surface area (Å²) in [7, 11) is 0. The Morgan fingerprint density at radius 2 is 2.07 bits per heavy atom. The second kappa shape index (κ2) is 6.32. The third-order valence-electron chi connectivity index (χ3n) is 1.62. The molecular weight excluding hydrogens is 218 g/mol. The standard InChI is InChI=1S/C9H19NO4S/c1-5-12-14-6(2)13-8(11)7(10)9(3,4)15/h6-7,15H,5,10H2,1-4H3. The summed E-state index contributed by atoms with van der Waals surface area (Å²) < 4.78 is 4.24. The van der Waals surface area contributed by atoms with Crippen LogP contribution in [0, 0.1) is 0 Å². The molecule has 0 aliphatic carbocycles. The molecule has 0 aromatic carbocycles. The smallest absolute Gasteiger partial charge is 0.326 e. The van der Waals surface area contributed by atoms with Crippen molar-refractivity contribution in [1.82, 2.24) is 0 Å². The molecule has 0 aromatic rings. The zero-order chi connectivity index (χ0) is 12.1.